The molecule has 0 saturated heterocycles. The topological polar surface area (TPSA) is 66.9 Å². The fourth-order valence-electron chi connectivity index (χ4n) is 0.852. The number of benzene rings is 1. The van der Waals surface area contributed by atoms with Gasteiger partial charge in [-0.15, -0.1) is 0 Å². The van der Waals surface area contributed by atoms with Gasteiger partial charge in [0.2, 0.25) is 0 Å². The third-order valence-electron chi connectivity index (χ3n) is 1.36. The first-order valence-electron chi connectivity index (χ1n) is 3.48. The van der Waals surface area contributed by atoms with E-state index in [2.05, 4.69) is 11.8 Å². The van der Waals surface area contributed by atoms with E-state index in [1.807, 2.05) is 0 Å². The Morgan fingerprint density at radius 2 is 2.14 bits per heavy atom. The average Bonchev–Trinajstić information content (AvgIpc) is 2.14. The van der Waals surface area contributed by atoms with Crippen LogP contribution in [0.5, 0.6) is 0 Å². The van der Waals surface area contributed by atoms with E-state index in [4.69, 9.17) is 16.9 Å². The van der Waals surface area contributed by atoms with Crippen molar-refractivity contribution < 1.29 is 4.92 Å². The van der Waals surface area contributed by atoms with Gasteiger partial charge in [-0.1, -0.05) is 17.5 Å². The molecule has 0 amide bonds. The lowest BCUT2D eigenvalue weighted by Crippen LogP contribution is -1.88. The number of nitro benzene ring substituents is 1. The van der Waals surface area contributed by atoms with Gasteiger partial charge in [-0.05, 0) is 6.07 Å². The second-order valence-electron chi connectivity index (χ2n) is 2.32. The van der Waals surface area contributed by atoms with E-state index in [0.717, 1.165) is 0 Å². The van der Waals surface area contributed by atoms with Gasteiger partial charge >= 0.3 is 0 Å². The molecule has 0 unspecified atom stereocenters. The van der Waals surface area contributed by atoms with Gasteiger partial charge in [0.25, 0.3) is 5.69 Å². The highest BCUT2D eigenvalue weighted by molar-refractivity contribution is 6.30. The van der Waals surface area contributed by atoms with Gasteiger partial charge in [-0.2, -0.15) is 5.26 Å². The fourth-order valence-corrected chi connectivity index (χ4v) is 1.08. The summed E-state index contributed by atoms with van der Waals surface area (Å²) in [5.74, 6) is 4.56. The molecule has 0 fully saturated rings. The zero-order valence-electron chi connectivity index (χ0n) is 6.82. The van der Waals surface area contributed by atoms with Gasteiger partial charge in [0.15, 0.2) is 6.07 Å². The maximum atomic E-state index is 10.4. The third-order valence-corrected chi connectivity index (χ3v) is 1.57. The Kier molecular flexibility index (Phi) is 3.06. The van der Waals surface area contributed by atoms with Crippen LogP contribution >= 0.6 is 11.6 Å². The van der Waals surface area contributed by atoms with E-state index >= 15 is 0 Å². The van der Waals surface area contributed by atoms with Gasteiger partial charge in [0.05, 0.1) is 4.92 Å². The molecule has 0 aliphatic carbocycles. The van der Waals surface area contributed by atoms with E-state index in [1.54, 1.807) is 6.07 Å². The lowest BCUT2D eigenvalue weighted by atomic mass is 10.2. The number of rotatable bonds is 1. The summed E-state index contributed by atoms with van der Waals surface area (Å²) in [7, 11) is 0. The van der Waals surface area contributed by atoms with Gasteiger partial charge in [0.1, 0.15) is 0 Å². The van der Waals surface area contributed by atoms with Crippen molar-refractivity contribution in [3.05, 3.63) is 38.9 Å². The molecule has 0 atom stereocenters. The first-order valence-corrected chi connectivity index (χ1v) is 3.86. The zero-order valence-corrected chi connectivity index (χ0v) is 7.58. The Balaban J connectivity index is 3.22. The minimum absolute atomic E-state index is 0.139. The Hall–Kier alpha value is -2.04. The van der Waals surface area contributed by atoms with Crippen LogP contribution in [0.2, 0.25) is 5.02 Å². The summed E-state index contributed by atoms with van der Waals surface area (Å²) in [6, 6.07) is 5.55. The molecule has 0 spiro atoms. The molecule has 1 aromatic carbocycles. The van der Waals surface area contributed by atoms with Crippen molar-refractivity contribution in [3.63, 3.8) is 0 Å². The van der Waals surface area contributed by atoms with Crippen molar-refractivity contribution in [1.82, 2.24) is 0 Å². The van der Waals surface area contributed by atoms with Crippen LogP contribution < -0.4 is 0 Å². The van der Waals surface area contributed by atoms with Gasteiger partial charge in [0, 0.05) is 28.6 Å². The molecule has 0 heterocycles. The summed E-state index contributed by atoms with van der Waals surface area (Å²) in [6.45, 7) is 0. The van der Waals surface area contributed by atoms with Crippen LogP contribution in [0.4, 0.5) is 5.69 Å². The quantitative estimate of drug-likeness (QED) is 0.402. The minimum atomic E-state index is -0.566. The van der Waals surface area contributed by atoms with Crippen LogP contribution in [-0.2, 0) is 0 Å². The van der Waals surface area contributed by atoms with Crippen LogP contribution in [-0.4, -0.2) is 4.92 Å². The molecule has 5 heteroatoms. The van der Waals surface area contributed by atoms with Crippen LogP contribution in [0.15, 0.2) is 18.2 Å². The van der Waals surface area contributed by atoms with E-state index in [9.17, 15) is 10.1 Å². The summed E-state index contributed by atoms with van der Waals surface area (Å²) < 4.78 is 0. The normalized spacial score (nSPS) is 8.29. The predicted molar refractivity (Wildman–Crippen MR) is 50.6 cm³/mol. The summed E-state index contributed by atoms with van der Waals surface area (Å²) in [5.41, 5.74) is 0.213. The molecular formula is C9H3ClN2O2. The molecular weight excluding hydrogens is 204 g/mol. The second kappa shape index (κ2) is 4.27. The number of non-ortho nitro benzene ring substituents is 1. The number of hydrogen-bond acceptors (Lipinski definition) is 3. The third kappa shape index (κ3) is 2.48. The van der Waals surface area contributed by atoms with Gasteiger partial charge < -0.3 is 0 Å². The highest BCUT2D eigenvalue weighted by atomic mass is 35.5. The van der Waals surface area contributed by atoms with Crippen molar-refractivity contribution in [3.8, 4) is 17.9 Å². The maximum Gasteiger partial charge on any atom is 0.272 e. The molecule has 1 rings (SSSR count). The smallest absolute Gasteiger partial charge is 0.258 e. The molecule has 1 aromatic rings. The number of halogens is 1. The lowest BCUT2D eigenvalue weighted by molar-refractivity contribution is -0.384. The molecule has 4 nitrogen and oxygen atoms in total. The SMILES string of the molecule is N#CC#Cc1cc(Cl)cc([N+](=O)[O-])c1. The Morgan fingerprint density at radius 3 is 2.71 bits per heavy atom. The molecule has 68 valence electrons. The first kappa shape index (κ1) is 10.0. The largest absolute Gasteiger partial charge is 0.272 e. The van der Waals surface area contributed by atoms with Crippen molar-refractivity contribution >= 4 is 17.3 Å². The highest BCUT2D eigenvalue weighted by Gasteiger charge is 2.07. The van der Waals surface area contributed by atoms with Crippen LogP contribution in [0, 0.1) is 33.3 Å². The highest BCUT2D eigenvalue weighted by Crippen LogP contribution is 2.20. The first-order chi connectivity index (χ1) is 6.63. The number of hydrogen-bond donors (Lipinski definition) is 0. The molecule has 0 aliphatic rings. The molecule has 0 aliphatic heterocycles. The monoisotopic (exact) mass is 206 g/mol. The summed E-state index contributed by atoms with van der Waals surface area (Å²) >= 11 is 5.62. The molecule has 0 radical (unpaired) electrons. The molecule has 0 bridgehead atoms. The van der Waals surface area contributed by atoms with E-state index < -0.39 is 4.92 Å². The summed E-state index contributed by atoms with van der Waals surface area (Å²) in [6.07, 6.45) is 0. The standard InChI is InChI=1S/C9H3ClN2O2/c10-8-4-7(2-1-3-11)5-9(6-8)12(13)14/h4-6H. The Labute approximate surface area is 84.9 Å². The van der Waals surface area contributed by atoms with Crippen molar-refractivity contribution in [2.75, 3.05) is 0 Å². The number of nitro groups is 1. The Morgan fingerprint density at radius 1 is 1.43 bits per heavy atom. The molecule has 0 aromatic heterocycles. The zero-order chi connectivity index (χ0) is 10.6. The van der Waals surface area contributed by atoms with Crippen molar-refractivity contribution in [1.29, 1.82) is 5.26 Å². The molecule has 14 heavy (non-hydrogen) atoms. The van der Waals surface area contributed by atoms with E-state index in [-0.39, 0.29) is 10.7 Å². The Bertz CT molecular complexity index is 480. The van der Waals surface area contributed by atoms with Crippen LogP contribution in [0.25, 0.3) is 0 Å². The number of nitrogens with zero attached hydrogens (tertiary/aromatic N) is 2. The van der Waals surface area contributed by atoms with E-state index in [1.165, 1.54) is 18.2 Å². The molecule has 0 saturated carbocycles. The lowest BCUT2D eigenvalue weighted by Gasteiger charge is -1.93. The van der Waals surface area contributed by atoms with Crippen molar-refractivity contribution in [2.45, 2.75) is 0 Å². The van der Waals surface area contributed by atoms with E-state index in [0.29, 0.717) is 5.56 Å². The fraction of sp³-hybridized carbons (Fsp3) is 0. The minimum Gasteiger partial charge on any atom is -0.258 e. The maximum absolute atomic E-state index is 10.4. The van der Waals surface area contributed by atoms with Gasteiger partial charge in [-0.3, -0.25) is 10.1 Å². The number of nitriles is 1. The predicted octanol–water partition coefficient (Wildman–Crippen LogP) is 2.12. The van der Waals surface area contributed by atoms with Crippen LogP contribution in [0.3, 0.4) is 0 Å². The van der Waals surface area contributed by atoms with Crippen LogP contribution in [0.1, 0.15) is 5.56 Å². The summed E-state index contributed by atoms with van der Waals surface area (Å²) in [4.78, 5) is 9.85. The molecule has 0 N–H and O–H groups in total. The second-order valence-corrected chi connectivity index (χ2v) is 2.75. The average molecular weight is 207 g/mol. The van der Waals surface area contributed by atoms with Crippen molar-refractivity contribution in [2.24, 2.45) is 0 Å². The van der Waals surface area contributed by atoms with Gasteiger partial charge in [-0.25, -0.2) is 0 Å². The summed E-state index contributed by atoms with van der Waals surface area (Å²) in [5, 5.41) is 18.8.